The van der Waals surface area contributed by atoms with Crippen molar-refractivity contribution in [3.8, 4) is 9.88 Å². The molecule has 0 saturated heterocycles. The van der Waals surface area contributed by atoms with Crippen LogP contribution in [0.3, 0.4) is 0 Å². The highest BCUT2D eigenvalue weighted by atomic mass is 32.1. The minimum atomic E-state index is -2.01. The predicted octanol–water partition coefficient (Wildman–Crippen LogP) is 2.82. The maximum Gasteiger partial charge on any atom is 0.260 e. The van der Waals surface area contributed by atoms with Gasteiger partial charge in [0.15, 0.2) is 0 Å². The number of aliphatic hydroxyl groups is 2. The van der Waals surface area contributed by atoms with Crippen molar-refractivity contribution in [1.29, 1.82) is 0 Å². The van der Waals surface area contributed by atoms with E-state index in [1.807, 2.05) is 22.9 Å². The Bertz CT molecular complexity index is 660. The predicted molar refractivity (Wildman–Crippen MR) is 82.7 cm³/mol. The number of hydrogen-bond acceptors (Lipinski definition) is 7. The first kappa shape index (κ1) is 13.9. The van der Waals surface area contributed by atoms with Gasteiger partial charge in [0.1, 0.15) is 5.01 Å². The summed E-state index contributed by atoms with van der Waals surface area (Å²) in [5.41, 5.74) is 0.794. The van der Waals surface area contributed by atoms with Gasteiger partial charge in [-0.2, -0.15) is 0 Å². The van der Waals surface area contributed by atoms with Crippen LogP contribution in [0.2, 0.25) is 0 Å². The average molecular weight is 324 g/mol. The standard InChI is InChI=1S/C13H12N2O2S3/c16-13(17,11-4-2-6-19-11)14-7-9-8-20-12(15-9)10-3-1-5-18-10/h1-6,8,14,16-17H,7H2. The molecule has 3 rings (SSSR count). The number of nitrogens with one attached hydrogen (secondary N) is 1. The first-order valence-corrected chi connectivity index (χ1v) is 8.51. The van der Waals surface area contributed by atoms with E-state index < -0.39 is 5.91 Å². The van der Waals surface area contributed by atoms with Gasteiger partial charge in [-0.05, 0) is 22.9 Å². The minimum Gasteiger partial charge on any atom is -0.349 e. The van der Waals surface area contributed by atoms with E-state index in [2.05, 4.69) is 10.3 Å². The topological polar surface area (TPSA) is 65.4 Å². The van der Waals surface area contributed by atoms with Crippen LogP contribution in [-0.4, -0.2) is 15.2 Å². The van der Waals surface area contributed by atoms with E-state index in [9.17, 15) is 10.2 Å². The fraction of sp³-hybridized carbons (Fsp3) is 0.154. The molecule has 0 unspecified atom stereocenters. The van der Waals surface area contributed by atoms with Crippen LogP contribution in [0.5, 0.6) is 0 Å². The van der Waals surface area contributed by atoms with Crippen LogP contribution in [0, 0.1) is 0 Å². The number of hydrogen-bond donors (Lipinski definition) is 3. The molecule has 0 aliphatic carbocycles. The summed E-state index contributed by atoms with van der Waals surface area (Å²) in [4.78, 5) is 6.07. The second kappa shape index (κ2) is 5.72. The molecule has 3 N–H and O–H groups in total. The van der Waals surface area contributed by atoms with Gasteiger partial charge in [-0.3, -0.25) is 5.32 Å². The van der Waals surface area contributed by atoms with Gasteiger partial charge in [0.2, 0.25) is 0 Å². The third-order valence-corrected chi connectivity index (χ3v) is 5.56. The third-order valence-electron chi connectivity index (χ3n) is 2.66. The Morgan fingerprint density at radius 3 is 2.60 bits per heavy atom. The average Bonchev–Trinajstić information content (AvgIpc) is 3.16. The largest absolute Gasteiger partial charge is 0.349 e. The highest BCUT2D eigenvalue weighted by Gasteiger charge is 2.26. The summed E-state index contributed by atoms with van der Waals surface area (Å²) in [7, 11) is 0. The quantitative estimate of drug-likeness (QED) is 0.632. The molecule has 4 nitrogen and oxygen atoms in total. The lowest BCUT2D eigenvalue weighted by Gasteiger charge is -2.20. The molecule has 7 heteroatoms. The molecule has 0 amide bonds. The number of rotatable bonds is 5. The number of thiazole rings is 1. The molecule has 0 atom stereocenters. The molecular weight excluding hydrogens is 312 g/mol. The maximum absolute atomic E-state index is 9.96. The van der Waals surface area contributed by atoms with Crippen LogP contribution in [0.25, 0.3) is 9.88 Å². The SMILES string of the molecule is OC(O)(NCc1csc(-c2cccs2)n1)c1cccs1. The minimum absolute atomic E-state index is 0.298. The Balaban J connectivity index is 1.67. The van der Waals surface area contributed by atoms with Gasteiger partial charge in [0.25, 0.3) is 5.91 Å². The lowest BCUT2D eigenvalue weighted by atomic mass is 10.3. The summed E-state index contributed by atoms with van der Waals surface area (Å²) in [6.45, 7) is 0.298. The van der Waals surface area contributed by atoms with Gasteiger partial charge in [-0.15, -0.1) is 34.0 Å². The third kappa shape index (κ3) is 2.98. The summed E-state index contributed by atoms with van der Waals surface area (Å²) in [6.07, 6.45) is 0. The van der Waals surface area contributed by atoms with Crippen molar-refractivity contribution in [1.82, 2.24) is 10.3 Å². The maximum atomic E-state index is 9.96. The molecule has 0 spiro atoms. The number of aromatic nitrogens is 1. The second-order valence-electron chi connectivity index (χ2n) is 4.12. The van der Waals surface area contributed by atoms with E-state index in [1.165, 1.54) is 11.3 Å². The van der Waals surface area contributed by atoms with E-state index >= 15 is 0 Å². The summed E-state index contributed by atoms with van der Waals surface area (Å²) in [5.74, 6) is -2.01. The van der Waals surface area contributed by atoms with Crippen molar-refractivity contribution >= 4 is 34.0 Å². The second-order valence-corrected chi connectivity index (χ2v) is 6.88. The summed E-state index contributed by atoms with van der Waals surface area (Å²) < 4.78 is 0. The lowest BCUT2D eigenvalue weighted by Crippen LogP contribution is -2.40. The van der Waals surface area contributed by atoms with E-state index in [4.69, 9.17) is 0 Å². The van der Waals surface area contributed by atoms with Crippen molar-refractivity contribution < 1.29 is 10.2 Å². The molecule has 3 aromatic rings. The van der Waals surface area contributed by atoms with Crippen molar-refractivity contribution in [3.63, 3.8) is 0 Å². The Hall–Kier alpha value is -1.09. The monoisotopic (exact) mass is 324 g/mol. The molecule has 0 saturated carbocycles. The fourth-order valence-corrected chi connectivity index (χ4v) is 4.01. The van der Waals surface area contributed by atoms with Gasteiger partial charge < -0.3 is 10.2 Å². The molecule has 20 heavy (non-hydrogen) atoms. The van der Waals surface area contributed by atoms with Crippen LogP contribution in [0.15, 0.2) is 40.4 Å². The van der Waals surface area contributed by atoms with E-state index in [1.54, 1.807) is 40.2 Å². The molecule has 0 bridgehead atoms. The van der Waals surface area contributed by atoms with Gasteiger partial charge >= 0.3 is 0 Å². The first-order valence-electron chi connectivity index (χ1n) is 5.87. The van der Waals surface area contributed by atoms with Gasteiger partial charge in [-0.25, -0.2) is 4.98 Å². The van der Waals surface area contributed by atoms with Crippen molar-refractivity contribution in [2.24, 2.45) is 0 Å². The van der Waals surface area contributed by atoms with Gasteiger partial charge in [0, 0.05) is 11.9 Å². The number of thiophene rings is 2. The Morgan fingerprint density at radius 2 is 1.90 bits per heavy atom. The summed E-state index contributed by atoms with van der Waals surface area (Å²) in [6, 6.07) is 7.47. The molecule has 0 radical (unpaired) electrons. The van der Waals surface area contributed by atoms with Crippen molar-refractivity contribution in [3.05, 3.63) is 51.0 Å². The van der Waals surface area contributed by atoms with E-state index in [0.29, 0.717) is 11.4 Å². The molecule has 0 fully saturated rings. The number of nitrogens with zero attached hydrogens (tertiary/aromatic N) is 1. The van der Waals surface area contributed by atoms with Crippen LogP contribution in [-0.2, 0) is 12.5 Å². The van der Waals surface area contributed by atoms with Crippen molar-refractivity contribution in [2.75, 3.05) is 0 Å². The molecule has 0 aliphatic rings. The molecule has 0 aromatic carbocycles. The normalized spacial score (nSPS) is 11.9. The Morgan fingerprint density at radius 1 is 1.10 bits per heavy atom. The molecule has 3 aromatic heterocycles. The Kier molecular flexibility index (Phi) is 3.97. The highest BCUT2D eigenvalue weighted by Crippen LogP contribution is 2.28. The van der Waals surface area contributed by atoms with Crippen LogP contribution >= 0.6 is 34.0 Å². The van der Waals surface area contributed by atoms with Crippen LogP contribution in [0.1, 0.15) is 10.6 Å². The first-order chi connectivity index (χ1) is 9.65. The van der Waals surface area contributed by atoms with Crippen LogP contribution in [0.4, 0.5) is 0 Å². The molecular formula is C13H12N2O2S3. The zero-order valence-electron chi connectivity index (χ0n) is 10.3. The van der Waals surface area contributed by atoms with Crippen molar-refractivity contribution in [2.45, 2.75) is 12.5 Å². The van der Waals surface area contributed by atoms with E-state index in [-0.39, 0.29) is 0 Å². The van der Waals surface area contributed by atoms with Gasteiger partial charge in [0.05, 0.1) is 15.4 Å². The molecule has 104 valence electrons. The smallest absolute Gasteiger partial charge is 0.260 e. The van der Waals surface area contributed by atoms with Gasteiger partial charge in [-0.1, -0.05) is 12.1 Å². The summed E-state index contributed by atoms with van der Waals surface area (Å²) >= 11 is 4.49. The van der Waals surface area contributed by atoms with Crippen LogP contribution < -0.4 is 5.32 Å². The summed E-state index contributed by atoms with van der Waals surface area (Å²) in [5, 5.41) is 29.3. The van der Waals surface area contributed by atoms with E-state index in [0.717, 1.165) is 15.6 Å². The highest BCUT2D eigenvalue weighted by molar-refractivity contribution is 7.20. The lowest BCUT2D eigenvalue weighted by molar-refractivity contribution is -0.193. The Labute approximate surface area is 128 Å². The fourth-order valence-electron chi connectivity index (χ4n) is 1.68. The molecule has 3 heterocycles. The zero-order chi connectivity index (χ0) is 14.0. The molecule has 0 aliphatic heterocycles. The zero-order valence-corrected chi connectivity index (χ0v) is 12.8.